The molecule has 1 saturated carbocycles. The first-order chi connectivity index (χ1) is 8.51. The van der Waals surface area contributed by atoms with Crippen molar-refractivity contribution < 1.29 is 4.79 Å². The monoisotopic (exact) mass is 246 g/mol. The first kappa shape index (κ1) is 13.1. The number of rotatable bonds is 5. The standard InChI is InChI=1S/C15H22N2O/c1-15(16,13-8-9-13)14(18)17(2)11-10-12-6-4-3-5-7-12/h3-7,13H,8-11,16H2,1-2H3. The topological polar surface area (TPSA) is 46.3 Å². The molecule has 0 radical (unpaired) electrons. The molecule has 1 amide bonds. The van der Waals surface area contributed by atoms with Crippen LogP contribution in [0, 0.1) is 5.92 Å². The van der Waals surface area contributed by atoms with Crippen molar-refractivity contribution in [1.82, 2.24) is 4.90 Å². The molecule has 0 spiro atoms. The molecule has 2 N–H and O–H groups in total. The molecule has 0 heterocycles. The molecular weight excluding hydrogens is 224 g/mol. The van der Waals surface area contributed by atoms with E-state index >= 15 is 0 Å². The fraction of sp³-hybridized carbons (Fsp3) is 0.533. The normalized spacial score (nSPS) is 18.2. The Kier molecular flexibility index (Phi) is 3.71. The van der Waals surface area contributed by atoms with Gasteiger partial charge in [-0.1, -0.05) is 30.3 Å². The van der Waals surface area contributed by atoms with Gasteiger partial charge in [0.05, 0.1) is 5.54 Å². The molecule has 0 aliphatic heterocycles. The molecule has 18 heavy (non-hydrogen) atoms. The number of hydrogen-bond donors (Lipinski definition) is 1. The van der Waals surface area contributed by atoms with E-state index in [0.717, 1.165) is 25.8 Å². The van der Waals surface area contributed by atoms with E-state index in [2.05, 4.69) is 12.1 Å². The lowest BCUT2D eigenvalue weighted by Gasteiger charge is -2.29. The average Bonchev–Trinajstić information content (AvgIpc) is 3.20. The third kappa shape index (κ3) is 2.91. The zero-order chi connectivity index (χ0) is 13.2. The molecule has 0 saturated heterocycles. The van der Waals surface area contributed by atoms with Gasteiger partial charge in [0.1, 0.15) is 0 Å². The molecule has 1 unspecified atom stereocenters. The number of likely N-dealkylation sites (N-methyl/N-ethyl adjacent to an activating group) is 1. The van der Waals surface area contributed by atoms with Crippen LogP contribution in [-0.2, 0) is 11.2 Å². The zero-order valence-corrected chi connectivity index (χ0v) is 11.2. The predicted octanol–water partition coefficient (Wildman–Crippen LogP) is 1.81. The van der Waals surface area contributed by atoms with Crippen LogP contribution in [0.25, 0.3) is 0 Å². The summed E-state index contributed by atoms with van der Waals surface area (Å²) in [6, 6.07) is 10.2. The van der Waals surface area contributed by atoms with E-state index in [-0.39, 0.29) is 5.91 Å². The molecule has 0 bridgehead atoms. The predicted molar refractivity (Wildman–Crippen MR) is 73.1 cm³/mol. The summed E-state index contributed by atoms with van der Waals surface area (Å²) in [5.41, 5.74) is 6.72. The minimum atomic E-state index is -0.675. The SMILES string of the molecule is CN(CCc1ccccc1)C(=O)C(C)(N)C1CC1. The lowest BCUT2D eigenvalue weighted by molar-refractivity contribution is -0.135. The number of benzene rings is 1. The number of nitrogens with zero attached hydrogens (tertiary/aromatic N) is 1. The maximum Gasteiger partial charge on any atom is 0.242 e. The Morgan fingerprint density at radius 3 is 2.56 bits per heavy atom. The van der Waals surface area contributed by atoms with Crippen molar-refractivity contribution in [2.24, 2.45) is 11.7 Å². The second-order valence-corrected chi connectivity index (χ2v) is 5.52. The van der Waals surface area contributed by atoms with Crippen molar-refractivity contribution in [3.63, 3.8) is 0 Å². The summed E-state index contributed by atoms with van der Waals surface area (Å²) in [5.74, 6) is 0.449. The zero-order valence-electron chi connectivity index (χ0n) is 11.2. The van der Waals surface area contributed by atoms with Crippen molar-refractivity contribution >= 4 is 5.91 Å². The van der Waals surface area contributed by atoms with Crippen LogP contribution in [0.3, 0.4) is 0 Å². The van der Waals surface area contributed by atoms with E-state index < -0.39 is 5.54 Å². The molecule has 1 aromatic rings. The summed E-state index contributed by atoms with van der Waals surface area (Å²) < 4.78 is 0. The number of hydrogen-bond acceptors (Lipinski definition) is 2. The van der Waals surface area contributed by atoms with Gasteiger partial charge in [0, 0.05) is 13.6 Å². The quantitative estimate of drug-likeness (QED) is 0.861. The van der Waals surface area contributed by atoms with Gasteiger partial charge in [-0.2, -0.15) is 0 Å². The molecule has 1 atom stereocenters. The summed E-state index contributed by atoms with van der Waals surface area (Å²) >= 11 is 0. The van der Waals surface area contributed by atoms with Gasteiger partial charge in [-0.3, -0.25) is 4.79 Å². The highest BCUT2D eigenvalue weighted by Crippen LogP contribution is 2.38. The van der Waals surface area contributed by atoms with Gasteiger partial charge in [-0.15, -0.1) is 0 Å². The van der Waals surface area contributed by atoms with Crippen LogP contribution >= 0.6 is 0 Å². The Labute approximate surface area is 109 Å². The molecule has 1 fully saturated rings. The van der Waals surface area contributed by atoms with Crippen molar-refractivity contribution in [3.8, 4) is 0 Å². The van der Waals surface area contributed by atoms with Crippen LogP contribution in [0.4, 0.5) is 0 Å². The molecular formula is C15H22N2O. The summed E-state index contributed by atoms with van der Waals surface area (Å²) in [7, 11) is 1.85. The van der Waals surface area contributed by atoms with E-state index in [1.165, 1.54) is 5.56 Å². The third-order valence-electron chi connectivity index (χ3n) is 3.81. The molecule has 0 aromatic heterocycles. The van der Waals surface area contributed by atoms with Crippen molar-refractivity contribution in [1.29, 1.82) is 0 Å². The number of amides is 1. The molecule has 3 nitrogen and oxygen atoms in total. The Morgan fingerprint density at radius 1 is 1.39 bits per heavy atom. The lowest BCUT2D eigenvalue weighted by atomic mass is 9.95. The van der Waals surface area contributed by atoms with Crippen molar-refractivity contribution in [2.75, 3.05) is 13.6 Å². The number of nitrogens with two attached hydrogens (primary N) is 1. The minimum absolute atomic E-state index is 0.0703. The van der Waals surface area contributed by atoms with Crippen LogP contribution in [0.2, 0.25) is 0 Å². The Balaban J connectivity index is 1.88. The minimum Gasteiger partial charge on any atom is -0.344 e. The maximum absolute atomic E-state index is 12.3. The van der Waals surface area contributed by atoms with Gasteiger partial charge >= 0.3 is 0 Å². The van der Waals surface area contributed by atoms with E-state index in [4.69, 9.17) is 5.73 Å². The average molecular weight is 246 g/mol. The molecule has 3 heteroatoms. The fourth-order valence-electron chi connectivity index (χ4n) is 2.31. The maximum atomic E-state index is 12.3. The lowest BCUT2D eigenvalue weighted by Crippen LogP contribution is -2.54. The van der Waals surface area contributed by atoms with Crippen LogP contribution in [-0.4, -0.2) is 29.9 Å². The van der Waals surface area contributed by atoms with Crippen molar-refractivity contribution in [2.45, 2.75) is 31.7 Å². The Hall–Kier alpha value is -1.35. The van der Waals surface area contributed by atoms with Crippen molar-refractivity contribution in [3.05, 3.63) is 35.9 Å². The van der Waals surface area contributed by atoms with Gasteiger partial charge in [0.2, 0.25) is 5.91 Å². The summed E-state index contributed by atoms with van der Waals surface area (Å²) in [6.45, 7) is 2.59. The van der Waals surface area contributed by atoms with E-state index in [0.29, 0.717) is 5.92 Å². The van der Waals surface area contributed by atoms with Gasteiger partial charge in [0.25, 0.3) is 0 Å². The highest BCUT2D eigenvalue weighted by molar-refractivity contribution is 5.86. The summed E-state index contributed by atoms with van der Waals surface area (Å²) in [4.78, 5) is 14.0. The number of carbonyl (C=O) groups is 1. The van der Waals surface area contributed by atoms with Gasteiger partial charge in [-0.25, -0.2) is 0 Å². The van der Waals surface area contributed by atoms with Crippen LogP contribution < -0.4 is 5.73 Å². The second-order valence-electron chi connectivity index (χ2n) is 5.52. The first-order valence-corrected chi connectivity index (χ1v) is 6.60. The van der Waals surface area contributed by atoms with E-state index in [9.17, 15) is 4.79 Å². The van der Waals surface area contributed by atoms with E-state index in [1.807, 2.05) is 32.2 Å². The number of carbonyl (C=O) groups excluding carboxylic acids is 1. The largest absolute Gasteiger partial charge is 0.344 e. The van der Waals surface area contributed by atoms with Gasteiger partial charge in [0.15, 0.2) is 0 Å². The fourth-order valence-corrected chi connectivity index (χ4v) is 2.31. The van der Waals surface area contributed by atoms with E-state index in [1.54, 1.807) is 4.90 Å². The van der Waals surface area contributed by atoms with Crippen LogP contribution in [0.15, 0.2) is 30.3 Å². The molecule has 1 aliphatic carbocycles. The summed E-state index contributed by atoms with van der Waals surface area (Å²) in [6.07, 6.45) is 3.06. The molecule has 98 valence electrons. The van der Waals surface area contributed by atoms with Gasteiger partial charge < -0.3 is 10.6 Å². The smallest absolute Gasteiger partial charge is 0.242 e. The first-order valence-electron chi connectivity index (χ1n) is 6.60. The Morgan fingerprint density at radius 2 is 2.00 bits per heavy atom. The second kappa shape index (κ2) is 5.11. The Bertz CT molecular complexity index is 410. The summed E-state index contributed by atoms with van der Waals surface area (Å²) in [5, 5.41) is 0. The van der Waals surface area contributed by atoms with Crippen LogP contribution in [0.5, 0.6) is 0 Å². The molecule has 1 aromatic carbocycles. The van der Waals surface area contributed by atoms with Crippen LogP contribution in [0.1, 0.15) is 25.3 Å². The highest BCUT2D eigenvalue weighted by atomic mass is 16.2. The highest BCUT2D eigenvalue weighted by Gasteiger charge is 2.45. The van der Waals surface area contributed by atoms with Gasteiger partial charge in [-0.05, 0) is 37.7 Å². The third-order valence-corrected chi connectivity index (χ3v) is 3.81. The molecule has 2 rings (SSSR count). The molecule has 1 aliphatic rings.